The Balaban J connectivity index is 1.89. The highest BCUT2D eigenvalue weighted by atomic mass is 32.2. The molecule has 27 heavy (non-hydrogen) atoms. The van der Waals surface area contributed by atoms with E-state index < -0.39 is 10.0 Å². The molecule has 0 aliphatic carbocycles. The zero-order valence-electron chi connectivity index (χ0n) is 14.0. The first-order chi connectivity index (χ1) is 12.8. The Bertz CT molecular complexity index is 1150. The highest BCUT2D eigenvalue weighted by Gasteiger charge is 2.15. The van der Waals surface area contributed by atoms with Crippen molar-refractivity contribution in [1.29, 1.82) is 0 Å². The van der Waals surface area contributed by atoms with E-state index in [1.807, 2.05) is 0 Å². The van der Waals surface area contributed by atoms with Gasteiger partial charge >= 0.3 is 0 Å². The summed E-state index contributed by atoms with van der Waals surface area (Å²) in [6, 6.07) is 11.2. The number of azo groups is 1. The first-order valence-corrected chi connectivity index (χ1v) is 9.49. The van der Waals surface area contributed by atoms with Gasteiger partial charge in [-0.25, -0.2) is 13.6 Å². The van der Waals surface area contributed by atoms with E-state index in [2.05, 4.69) is 20.5 Å². The van der Waals surface area contributed by atoms with Crippen molar-refractivity contribution >= 4 is 49.6 Å². The van der Waals surface area contributed by atoms with Crippen LogP contribution in [-0.4, -0.2) is 30.7 Å². The van der Waals surface area contributed by atoms with Gasteiger partial charge in [-0.15, -0.1) is 10.2 Å². The summed E-state index contributed by atoms with van der Waals surface area (Å²) in [5.41, 5.74) is 0.909. The maximum Gasteiger partial charge on any atom is 0.240 e. The van der Waals surface area contributed by atoms with Crippen molar-refractivity contribution in [2.75, 3.05) is 12.4 Å². The van der Waals surface area contributed by atoms with Gasteiger partial charge < -0.3 is 20.1 Å². The molecule has 0 saturated carbocycles. The Hall–Kier alpha value is -3.02. The van der Waals surface area contributed by atoms with E-state index in [-0.39, 0.29) is 27.3 Å². The quantitative estimate of drug-likeness (QED) is 0.388. The molecule has 0 aliphatic rings. The number of sulfonamides is 1. The summed E-state index contributed by atoms with van der Waals surface area (Å²) < 4.78 is 28.5. The number of fused-ring (bicyclic) bond motifs is 1. The second-order valence-corrected chi connectivity index (χ2v) is 7.29. The number of anilines is 1. The number of primary sulfonamides is 1. The number of thiocarbonyl (C=S) groups is 1. The van der Waals surface area contributed by atoms with Crippen molar-refractivity contribution in [3.8, 4) is 11.6 Å². The molecule has 0 bridgehead atoms. The molecule has 1 heterocycles. The van der Waals surface area contributed by atoms with Crippen LogP contribution in [0.2, 0.25) is 0 Å². The highest BCUT2D eigenvalue weighted by molar-refractivity contribution is 7.89. The summed E-state index contributed by atoms with van der Waals surface area (Å²) >= 11 is 5.08. The topological polar surface area (TPSA) is 142 Å². The van der Waals surface area contributed by atoms with Gasteiger partial charge in [-0.1, -0.05) is 24.3 Å². The maximum atomic E-state index is 11.6. The molecule has 3 rings (SSSR count). The van der Waals surface area contributed by atoms with E-state index in [1.165, 1.54) is 25.3 Å². The van der Waals surface area contributed by atoms with Crippen LogP contribution in [0.15, 0.2) is 57.6 Å². The Kier molecular flexibility index (Phi) is 5.08. The van der Waals surface area contributed by atoms with Crippen LogP contribution in [0.3, 0.4) is 0 Å². The number of nitrogens with two attached hydrogens (primary N) is 1. The minimum absolute atomic E-state index is 0.109. The summed E-state index contributed by atoms with van der Waals surface area (Å²) in [6.07, 6.45) is 0. The summed E-state index contributed by atoms with van der Waals surface area (Å²) in [4.78, 5) is 2.64. The van der Waals surface area contributed by atoms with Crippen molar-refractivity contribution < 1.29 is 18.3 Å². The minimum Gasteiger partial charge on any atom is -0.495 e. The number of H-pyrrole nitrogens is 1. The lowest BCUT2D eigenvalue weighted by atomic mass is 10.2. The molecule has 0 aliphatic heterocycles. The van der Waals surface area contributed by atoms with E-state index in [0.717, 1.165) is 0 Å². The Labute approximate surface area is 159 Å². The number of aromatic amines is 1. The van der Waals surface area contributed by atoms with E-state index in [4.69, 9.17) is 22.1 Å². The first kappa shape index (κ1) is 18.8. The van der Waals surface area contributed by atoms with Crippen LogP contribution in [0.1, 0.15) is 0 Å². The molecule has 3 aromatic rings. The predicted octanol–water partition coefficient (Wildman–Crippen LogP) is 3.01. The van der Waals surface area contributed by atoms with E-state index in [1.54, 1.807) is 24.3 Å². The second-order valence-electron chi connectivity index (χ2n) is 5.38. The van der Waals surface area contributed by atoms with Crippen LogP contribution in [-0.2, 0) is 10.0 Å². The molecule has 0 unspecified atom stereocenters. The fourth-order valence-corrected chi connectivity index (χ4v) is 3.33. The Morgan fingerprint density at radius 2 is 2.00 bits per heavy atom. The number of para-hydroxylation sites is 2. The number of methoxy groups -OCH3 is 1. The lowest BCUT2D eigenvalue weighted by molar-refractivity contribution is 0.417. The molecular weight excluding hydrogens is 390 g/mol. The Morgan fingerprint density at radius 3 is 2.70 bits per heavy atom. The molecule has 9 nitrogen and oxygen atoms in total. The number of aromatic hydroxyl groups is 1. The van der Waals surface area contributed by atoms with Crippen molar-refractivity contribution in [2.45, 2.75) is 4.90 Å². The molecule has 0 atom stereocenters. The third kappa shape index (κ3) is 3.89. The molecule has 0 spiro atoms. The monoisotopic (exact) mass is 405 g/mol. The van der Waals surface area contributed by atoms with Gasteiger partial charge in [0.15, 0.2) is 5.69 Å². The van der Waals surface area contributed by atoms with E-state index in [0.29, 0.717) is 16.7 Å². The van der Waals surface area contributed by atoms with Gasteiger partial charge in [-0.05, 0) is 30.4 Å². The molecular formula is C16H15N5O4S2. The van der Waals surface area contributed by atoms with Crippen LogP contribution in [0.4, 0.5) is 11.4 Å². The third-order valence-electron chi connectivity index (χ3n) is 3.64. The molecule has 140 valence electrons. The minimum atomic E-state index is -3.93. The normalized spacial score (nSPS) is 11.8. The number of benzene rings is 2. The van der Waals surface area contributed by atoms with E-state index >= 15 is 0 Å². The fraction of sp³-hybridized carbons (Fsp3) is 0.0625. The standard InChI is InChI=1S/C16H15N5O4S2/c1-25-11-7-4-5-9-13(11)19-15(22)14(9)20-21-16(26)18-10-6-2-3-8-12(10)27(17,23)24/h2-8,19,22H,1H3,(H,18,26)(H2,17,23,24). The highest BCUT2D eigenvalue weighted by Crippen LogP contribution is 2.39. The van der Waals surface area contributed by atoms with Gasteiger partial charge in [0.25, 0.3) is 0 Å². The summed E-state index contributed by atoms with van der Waals surface area (Å²) in [5, 5.41) is 26.2. The number of aromatic nitrogens is 1. The smallest absolute Gasteiger partial charge is 0.240 e. The number of hydrogen-bond acceptors (Lipinski definition) is 6. The average Bonchev–Trinajstić information content (AvgIpc) is 2.94. The predicted molar refractivity (Wildman–Crippen MR) is 105 cm³/mol. The second kappa shape index (κ2) is 7.31. The van der Waals surface area contributed by atoms with Crippen molar-refractivity contribution in [2.24, 2.45) is 15.4 Å². The van der Waals surface area contributed by atoms with Gasteiger partial charge in [-0.2, -0.15) is 0 Å². The van der Waals surface area contributed by atoms with Crippen LogP contribution in [0.5, 0.6) is 11.6 Å². The molecule has 2 aromatic carbocycles. The first-order valence-electron chi connectivity index (χ1n) is 7.53. The van der Waals surface area contributed by atoms with Crippen LogP contribution in [0.25, 0.3) is 10.9 Å². The van der Waals surface area contributed by atoms with Crippen molar-refractivity contribution in [3.63, 3.8) is 0 Å². The lowest BCUT2D eigenvalue weighted by Gasteiger charge is -2.08. The average molecular weight is 405 g/mol. The van der Waals surface area contributed by atoms with Gasteiger partial charge in [0.2, 0.25) is 21.0 Å². The zero-order chi connectivity index (χ0) is 19.6. The third-order valence-corrected chi connectivity index (χ3v) is 4.80. The number of nitrogens with zero attached hydrogens (tertiary/aromatic N) is 2. The van der Waals surface area contributed by atoms with Gasteiger partial charge in [0, 0.05) is 5.39 Å². The van der Waals surface area contributed by atoms with Crippen molar-refractivity contribution in [3.05, 3.63) is 42.5 Å². The molecule has 0 fully saturated rings. The van der Waals surface area contributed by atoms with Gasteiger partial charge in [0.1, 0.15) is 10.6 Å². The SMILES string of the molecule is COc1cccc2c(N=NC(=S)Nc3ccccc3S(N)(=O)=O)c(O)[nH]c12. The zero-order valence-corrected chi connectivity index (χ0v) is 15.6. The molecule has 0 radical (unpaired) electrons. The summed E-state index contributed by atoms with van der Waals surface area (Å²) in [5.74, 6) is 0.331. The van der Waals surface area contributed by atoms with Crippen molar-refractivity contribution in [1.82, 2.24) is 4.98 Å². The number of nitrogens with one attached hydrogen (secondary N) is 2. The van der Waals surface area contributed by atoms with Crippen LogP contribution in [0, 0.1) is 0 Å². The van der Waals surface area contributed by atoms with Crippen LogP contribution >= 0.6 is 12.2 Å². The van der Waals surface area contributed by atoms with Crippen LogP contribution < -0.4 is 15.2 Å². The number of rotatable bonds is 4. The summed E-state index contributed by atoms with van der Waals surface area (Å²) in [6.45, 7) is 0. The van der Waals surface area contributed by atoms with Gasteiger partial charge in [0.05, 0.1) is 18.3 Å². The molecule has 0 saturated heterocycles. The lowest BCUT2D eigenvalue weighted by Crippen LogP contribution is -2.16. The largest absolute Gasteiger partial charge is 0.495 e. The van der Waals surface area contributed by atoms with Gasteiger partial charge in [-0.3, -0.25) is 0 Å². The molecule has 0 amide bonds. The molecule has 5 N–H and O–H groups in total. The fourth-order valence-electron chi connectivity index (χ4n) is 2.49. The molecule has 11 heteroatoms. The number of hydrogen-bond donors (Lipinski definition) is 4. The Morgan fingerprint density at radius 1 is 1.26 bits per heavy atom. The molecule has 1 aromatic heterocycles. The maximum absolute atomic E-state index is 11.6. The van der Waals surface area contributed by atoms with E-state index in [9.17, 15) is 13.5 Å². The summed E-state index contributed by atoms with van der Waals surface area (Å²) in [7, 11) is -2.42. The number of ether oxygens (including phenoxy) is 1.